The van der Waals surface area contributed by atoms with Crippen LogP contribution in [0, 0.1) is 11.3 Å². The van der Waals surface area contributed by atoms with Crippen LogP contribution in [0.4, 0.5) is 13.2 Å². The molecule has 0 radical (unpaired) electrons. The molecule has 3 aromatic rings. The molecule has 1 aromatic heterocycles. The average molecular weight is 488 g/mol. The van der Waals surface area contributed by atoms with Crippen LogP contribution in [0.2, 0.25) is 10.0 Å². The summed E-state index contributed by atoms with van der Waals surface area (Å²) in [5, 5.41) is 9.94. The van der Waals surface area contributed by atoms with E-state index >= 15 is 0 Å². The average Bonchev–Trinajstić information content (AvgIpc) is 2.94. The maximum Gasteiger partial charge on any atom is 0.433 e. The molecule has 142 valence electrons. The number of aromatic nitrogens is 1. The normalized spacial score (nSPS) is 11.3. The molecule has 3 rings (SSSR count). The molecule has 0 unspecified atom stereocenters. The van der Waals surface area contributed by atoms with Crippen molar-refractivity contribution in [1.29, 1.82) is 5.26 Å². The highest BCUT2D eigenvalue weighted by Crippen LogP contribution is 2.44. The molecule has 28 heavy (non-hydrogen) atoms. The zero-order valence-corrected chi connectivity index (χ0v) is 16.8. The summed E-state index contributed by atoms with van der Waals surface area (Å²) in [5.74, 6) is -0.971. The van der Waals surface area contributed by atoms with Gasteiger partial charge in [-0.2, -0.15) is 18.4 Å². The predicted octanol–water partition coefficient (Wildman–Crippen LogP) is 6.80. The number of benzene rings is 2. The molecule has 0 atom stereocenters. The molecule has 0 N–H and O–H groups in total. The first-order chi connectivity index (χ1) is 13.2. The third-order valence-corrected chi connectivity index (χ3v) is 5.27. The van der Waals surface area contributed by atoms with E-state index in [0.717, 1.165) is 0 Å². The Morgan fingerprint density at radius 3 is 2.21 bits per heavy atom. The number of hydrogen-bond donors (Lipinski definition) is 0. The number of halogens is 6. The largest absolute Gasteiger partial charge is 0.433 e. The van der Waals surface area contributed by atoms with Crippen LogP contribution in [0.15, 0.2) is 53.0 Å². The Bertz CT molecular complexity index is 1120. The maximum atomic E-state index is 13.8. The van der Waals surface area contributed by atoms with Crippen molar-refractivity contribution in [2.45, 2.75) is 6.18 Å². The minimum Gasteiger partial charge on any atom is -0.269 e. The van der Waals surface area contributed by atoms with Gasteiger partial charge in [-0.3, -0.25) is 9.36 Å². The Hall–Kier alpha value is -2.27. The second kappa shape index (κ2) is 7.63. The van der Waals surface area contributed by atoms with Crippen LogP contribution in [0.5, 0.6) is 0 Å². The van der Waals surface area contributed by atoms with Gasteiger partial charge in [0.1, 0.15) is 11.8 Å². The van der Waals surface area contributed by atoms with Crippen LogP contribution in [0.3, 0.4) is 0 Å². The van der Waals surface area contributed by atoms with E-state index in [9.17, 15) is 23.2 Å². The number of nitriles is 1. The van der Waals surface area contributed by atoms with Gasteiger partial charge >= 0.3 is 6.18 Å². The van der Waals surface area contributed by atoms with E-state index in [1.165, 1.54) is 36.4 Å². The molecule has 0 amide bonds. The summed E-state index contributed by atoms with van der Waals surface area (Å²) in [4.78, 5) is 13.1. The lowest BCUT2D eigenvalue weighted by Gasteiger charge is -2.15. The van der Waals surface area contributed by atoms with Gasteiger partial charge in [0.2, 0.25) is 0 Å². The van der Waals surface area contributed by atoms with Gasteiger partial charge in [-0.1, -0.05) is 41.4 Å². The first kappa shape index (κ1) is 20.5. The molecule has 0 saturated carbocycles. The first-order valence-electron chi connectivity index (χ1n) is 7.63. The van der Waals surface area contributed by atoms with Crippen molar-refractivity contribution in [2.24, 2.45) is 0 Å². The highest BCUT2D eigenvalue weighted by molar-refractivity contribution is 9.10. The van der Waals surface area contributed by atoms with Crippen LogP contribution in [0.1, 0.15) is 21.6 Å². The lowest BCUT2D eigenvalue weighted by Crippen LogP contribution is -2.22. The smallest absolute Gasteiger partial charge is 0.269 e. The molecule has 0 saturated heterocycles. The Morgan fingerprint density at radius 1 is 1.07 bits per heavy atom. The zero-order chi connectivity index (χ0) is 20.6. The van der Waals surface area contributed by atoms with E-state index in [1.54, 1.807) is 18.2 Å². The quantitative estimate of drug-likeness (QED) is 0.399. The van der Waals surface area contributed by atoms with Gasteiger partial charge in [0.15, 0.2) is 0 Å². The van der Waals surface area contributed by atoms with Crippen molar-refractivity contribution in [1.82, 2.24) is 4.57 Å². The monoisotopic (exact) mass is 486 g/mol. The predicted molar refractivity (Wildman–Crippen MR) is 103 cm³/mol. The molecule has 2 aromatic carbocycles. The summed E-state index contributed by atoms with van der Waals surface area (Å²) in [6.45, 7) is 0. The van der Waals surface area contributed by atoms with E-state index < -0.39 is 22.3 Å². The van der Waals surface area contributed by atoms with Crippen LogP contribution < -0.4 is 0 Å². The maximum absolute atomic E-state index is 13.8. The fraction of sp³-hybridized carbons (Fsp3) is 0.0526. The van der Waals surface area contributed by atoms with Crippen molar-refractivity contribution in [2.75, 3.05) is 0 Å². The Morgan fingerprint density at radius 2 is 1.68 bits per heavy atom. The van der Waals surface area contributed by atoms with Gasteiger partial charge in [-0.15, -0.1) is 0 Å². The van der Waals surface area contributed by atoms with Crippen LogP contribution in [-0.4, -0.2) is 10.5 Å². The van der Waals surface area contributed by atoms with Gasteiger partial charge in [-0.25, -0.2) is 0 Å². The minimum atomic E-state index is -4.91. The minimum absolute atomic E-state index is 0.0322. The number of carbonyl (C=O) groups excluding carboxylic acids is 1. The molecule has 9 heteroatoms. The molecule has 0 bridgehead atoms. The molecular weight excluding hydrogens is 480 g/mol. The fourth-order valence-electron chi connectivity index (χ4n) is 2.73. The summed E-state index contributed by atoms with van der Waals surface area (Å²) in [5.41, 5.74) is -1.79. The van der Waals surface area contributed by atoms with Crippen LogP contribution >= 0.6 is 39.1 Å². The van der Waals surface area contributed by atoms with Crippen LogP contribution in [0.25, 0.3) is 11.3 Å². The van der Waals surface area contributed by atoms with E-state index in [2.05, 4.69) is 15.9 Å². The van der Waals surface area contributed by atoms with E-state index in [1.807, 2.05) is 0 Å². The second-order valence-electron chi connectivity index (χ2n) is 5.62. The van der Waals surface area contributed by atoms with Gasteiger partial charge < -0.3 is 0 Å². The molecule has 0 aliphatic heterocycles. The van der Waals surface area contributed by atoms with Crippen molar-refractivity contribution in [3.05, 3.63) is 79.9 Å². The third-order valence-electron chi connectivity index (χ3n) is 3.91. The van der Waals surface area contributed by atoms with E-state index in [4.69, 9.17) is 23.2 Å². The van der Waals surface area contributed by atoms with Crippen molar-refractivity contribution in [3.8, 4) is 17.3 Å². The standard InChI is InChI=1S/C19H8BrCl2F3N2O/c20-15-13(9-26)16(12-3-1-2-4-14(12)22)27(17(15)19(23,24)25)18(28)10-5-7-11(21)8-6-10/h1-8H. The third kappa shape index (κ3) is 3.55. The topological polar surface area (TPSA) is 45.8 Å². The number of nitrogens with zero attached hydrogens (tertiary/aromatic N) is 2. The summed E-state index contributed by atoms with van der Waals surface area (Å²) >= 11 is 14.8. The van der Waals surface area contributed by atoms with Gasteiger partial charge in [0, 0.05) is 21.2 Å². The van der Waals surface area contributed by atoms with Crippen molar-refractivity contribution >= 4 is 45.0 Å². The summed E-state index contributed by atoms with van der Waals surface area (Å²) in [6, 6.07) is 13.2. The fourth-order valence-corrected chi connectivity index (χ4v) is 3.76. The van der Waals surface area contributed by atoms with Gasteiger partial charge in [-0.05, 0) is 46.3 Å². The molecule has 3 nitrogen and oxygen atoms in total. The highest BCUT2D eigenvalue weighted by Gasteiger charge is 2.43. The Kier molecular flexibility index (Phi) is 5.57. The van der Waals surface area contributed by atoms with Gasteiger partial charge in [0.25, 0.3) is 5.91 Å². The number of rotatable bonds is 2. The first-order valence-corrected chi connectivity index (χ1v) is 9.18. The lowest BCUT2D eigenvalue weighted by molar-refractivity contribution is -0.143. The highest BCUT2D eigenvalue weighted by atomic mass is 79.9. The summed E-state index contributed by atoms with van der Waals surface area (Å²) < 4.78 is 41.4. The number of hydrogen-bond acceptors (Lipinski definition) is 2. The molecule has 0 aliphatic rings. The Balaban J connectivity index is 2.42. The van der Waals surface area contributed by atoms with Crippen molar-refractivity contribution < 1.29 is 18.0 Å². The Labute approximate surface area is 176 Å². The SMILES string of the molecule is N#Cc1c(Br)c(C(F)(F)F)n(C(=O)c2ccc(Cl)cc2)c1-c1ccccc1Cl. The van der Waals surface area contributed by atoms with E-state index in [0.29, 0.717) is 9.59 Å². The second-order valence-corrected chi connectivity index (χ2v) is 7.26. The lowest BCUT2D eigenvalue weighted by atomic mass is 10.1. The zero-order valence-electron chi connectivity index (χ0n) is 13.7. The van der Waals surface area contributed by atoms with E-state index in [-0.39, 0.29) is 27.4 Å². The van der Waals surface area contributed by atoms with Crippen molar-refractivity contribution in [3.63, 3.8) is 0 Å². The van der Waals surface area contributed by atoms with Gasteiger partial charge in [0.05, 0.1) is 15.7 Å². The molecule has 0 aliphatic carbocycles. The molecule has 0 spiro atoms. The number of alkyl halides is 3. The van der Waals surface area contributed by atoms with Crippen LogP contribution in [-0.2, 0) is 6.18 Å². The summed E-state index contributed by atoms with van der Waals surface area (Å²) in [6.07, 6.45) is -4.91. The summed E-state index contributed by atoms with van der Waals surface area (Å²) in [7, 11) is 0. The molecular formula is C19H8BrCl2F3N2O. The molecule has 1 heterocycles. The molecule has 0 fully saturated rings. The number of carbonyl (C=O) groups is 1.